The zero-order valence-electron chi connectivity index (χ0n) is 17.6. The lowest BCUT2D eigenvalue weighted by Gasteiger charge is -2.15. The summed E-state index contributed by atoms with van der Waals surface area (Å²) < 4.78 is 0. The van der Waals surface area contributed by atoms with E-state index in [4.69, 9.17) is 11.5 Å². The Morgan fingerprint density at radius 2 is 1.85 bits per heavy atom. The van der Waals surface area contributed by atoms with Gasteiger partial charge in [-0.1, -0.05) is 6.07 Å². The van der Waals surface area contributed by atoms with E-state index in [2.05, 4.69) is 35.5 Å². The van der Waals surface area contributed by atoms with Gasteiger partial charge in [0.1, 0.15) is 0 Å². The Balaban J connectivity index is 1.68. The summed E-state index contributed by atoms with van der Waals surface area (Å²) in [4.78, 5) is 29.5. The van der Waals surface area contributed by atoms with Crippen molar-refractivity contribution in [2.24, 2.45) is 5.73 Å². The highest BCUT2D eigenvalue weighted by atomic mass is 16.1. The lowest BCUT2D eigenvalue weighted by atomic mass is 9.94. The number of nitrogen functional groups attached to an aromatic ring is 1. The van der Waals surface area contributed by atoms with Gasteiger partial charge in [0, 0.05) is 35.2 Å². The van der Waals surface area contributed by atoms with Crippen LogP contribution in [0.15, 0.2) is 61.2 Å². The SMILES string of the molecule is Cc1ccc2[nH]ncc2c1-c1cc(-c2ccnc(Nc3ccncc3)n2)nc(C(N)=O)c1N. The van der Waals surface area contributed by atoms with Crippen LogP contribution >= 0.6 is 0 Å². The molecule has 4 heterocycles. The van der Waals surface area contributed by atoms with E-state index in [1.54, 1.807) is 49.1 Å². The summed E-state index contributed by atoms with van der Waals surface area (Å²) in [6, 6.07) is 11.0. The molecular formula is C23H19N9O. The molecule has 0 spiro atoms. The lowest BCUT2D eigenvalue weighted by molar-refractivity contribution is 0.0996. The fraction of sp³-hybridized carbons (Fsp3) is 0.0435. The Bertz CT molecular complexity index is 1500. The number of primary amides is 1. The van der Waals surface area contributed by atoms with Crippen molar-refractivity contribution in [3.05, 3.63) is 72.4 Å². The summed E-state index contributed by atoms with van der Waals surface area (Å²) in [7, 11) is 0. The standard InChI is InChI=1S/C23H19N9O/c1-12-2-3-16-15(11-28-32-16)19(12)14-10-18(30-21(20(14)24)22(25)33)17-6-9-27-23(31-17)29-13-4-7-26-8-5-13/h2-11H,24H2,1H3,(H2,25,33)(H,28,32)(H,26,27,29,31). The number of benzene rings is 1. The largest absolute Gasteiger partial charge is 0.396 e. The number of anilines is 3. The van der Waals surface area contributed by atoms with Crippen LogP contribution < -0.4 is 16.8 Å². The van der Waals surface area contributed by atoms with Crippen molar-refractivity contribution in [2.45, 2.75) is 6.92 Å². The summed E-state index contributed by atoms with van der Waals surface area (Å²) in [5.74, 6) is -0.357. The number of fused-ring (bicyclic) bond motifs is 1. The van der Waals surface area contributed by atoms with Crippen molar-refractivity contribution in [3.8, 4) is 22.5 Å². The van der Waals surface area contributed by atoms with Gasteiger partial charge in [-0.2, -0.15) is 5.10 Å². The van der Waals surface area contributed by atoms with Crippen LogP contribution in [0.1, 0.15) is 16.1 Å². The van der Waals surface area contributed by atoms with E-state index in [9.17, 15) is 4.79 Å². The number of rotatable bonds is 5. The number of nitrogens with zero attached hydrogens (tertiary/aromatic N) is 5. The third-order valence-electron chi connectivity index (χ3n) is 5.25. The number of aromatic nitrogens is 6. The first-order valence-corrected chi connectivity index (χ1v) is 10.0. The monoisotopic (exact) mass is 437 g/mol. The van der Waals surface area contributed by atoms with Crippen molar-refractivity contribution >= 4 is 34.1 Å². The minimum Gasteiger partial charge on any atom is -0.396 e. The van der Waals surface area contributed by atoms with Gasteiger partial charge in [-0.25, -0.2) is 15.0 Å². The number of aromatic amines is 1. The number of nitrogens with two attached hydrogens (primary N) is 2. The van der Waals surface area contributed by atoms with E-state index in [0.717, 1.165) is 27.7 Å². The van der Waals surface area contributed by atoms with Gasteiger partial charge in [-0.3, -0.25) is 14.9 Å². The third kappa shape index (κ3) is 3.69. The number of hydrogen-bond acceptors (Lipinski definition) is 8. The molecule has 0 radical (unpaired) electrons. The topological polar surface area (TPSA) is 161 Å². The molecule has 0 aliphatic carbocycles. The van der Waals surface area contributed by atoms with Crippen LogP contribution in [0.25, 0.3) is 33.4 Å². The van der Waals surface area contributed by atoms with Crippen molar-refractivity contribution in [3.63, 3.8) is 0 Å². The second-order valence-corrected chi connectivity index (χ2v) is 7.40. The van der Waals surface area contributed by atoms with Crippen LogP contribution in [-0.4, -0.2) is 36.0 Å². The van der Waals surface area contributed by atoms with E-state index in [0.29, 0.717) is 22.9 Å². The van der Waals surface area contributed by atoms with E-state index in [1.165, 1.54) is 0 Å². The average Bonchev–Trinajstić information content (AvgIpc) is 3.29. The van der Waals surface area contributed by atoms with Gasteiger partial charge < -0.3 is 16.8 Å². The Morgan fingerprint density at radius 3 is 2.64 bits per heavy atom. The molecule has 10 heteroatoms. The molecule has 33 heavy (non-hydrogen) atoms. The molecule has 0 saturated carbocycles. The Labute approximate surface area is 188 Å². The number of H-pyrrole nitrogens is 1. The molecule has 0 aliphatic rings. The normalized spacial score (nSPS) is 10.9. The van der Waals surface area contributed by atoms with Crippen molar-refractivity contribution in [1.29, 1.82) is 0 Å². The highest BCUT2D eigenvalue weighted by Gasteiger charge is 2.20. The van der Waals surface area contributed by atoms with Crippen LogP contribution in [0.4, 0.5) is 17.3 Å². The molecule has 0 fully saturated rings. The van der Waals surface area contributed by atoms with Crippen LogP contribution in [-0.2, 0) is 0 Å². The quantitative estimate of drug-likeness (QED) is 0.326. The molecule has 1 aromatic carbocycles. The maximum atomic E-state index is 12.2. The predicted molar refractivity (Wildman–Crippen MR) is 126 cm³/mol. The van der Waals surface area contributed by atoms with Gasteiger partial charge >= 0.3 is 0 Å². The molecule has 0 aliphatic heterocycles. The molecule has 162 valence electrons. The van der Waals surface area contributed by atoms with E-state index in [1.807, 2.05) is 19.1 Å². The number of carbonyl (C=O) groups is 1. The molecule has 6 N–H and O–H groups in total. The van der Waals surface area contributed by atoms with Crippen molar-refractivity contribution in [1.82, 2.24) is 30.1 Å². The minimum absolute atomic E-state index is 0.0235. The van der Waals surface area contributed by atoms with Gasteiger partial charge in [0.05, 0.1) is 28.8 Å². The average molecular weight is 437 g/mol. The highest BCUT2D eigenvalue weighted by molar-refractivity contribution is 6.05. The molecule has 0 unspecified atom stereocenters. The van der Waals surface area contributed by atoms with E-state index < -0.39 is 5.91 Å². The number of amides is 1. The summed E-state index contributed by atoms with van der Waals surface area (Å²) >= 11 is 0. The van der Waals surface area contributed by atoms with Crippen LogP contribution in [0, 0.1) is 6.92 Å². The molecular weight excluding hydrogens is 418 g/mol. The molecule has 0 atom stereocenters. The maximum Gasteiger partial charge on any atom is 0.269 e. The van der Waals surface area contributed by atoms with Crippen LogP contribution in [0.2, 0.25) is 0 Å². The Morgan fingerprint density at radius 1 is 1.03 bits per heavy atom. The van der Waals surface area contributed by atoms with Crippen LogP contribution in [0.3, 0.4) is 0 Å². The highest BCUT2D eigenvalue weighted by Crippen LogP contribution is 2.37. The van der Waals surface area contributed by atoms with Crippen molar-refractivity contribution < 1.29 is 4.79 Å². The number of carbonyl (C=O) groups excluding carboxylic acids is 1. The second-order valence-electron chi connectivity index (χ2n) is 7.40. The predicted octanol–water partition coefficient (Wildman–Crippen LogP) is 3.21. The van der Waals surface area contributed by atoms with Gasteiger partial charge in [0.15, 0.2) is 5.69 Å². The minimum atomic E-state index is -0.725. The van der Waals surface area contributed by atoms with Gasteiger partial charge in [0.25, 0.3) is 5.91 Å². The summed E-state index contributed by atoms with van der Waals surface area (Å²) in [6.45, 7) is 1.96. The number of hydrogen-bond donors (Lipinski definition) is 4. The zero-order chi connectivity index (χ0) is 22.9. The van der Waals surface area contributed by atoms with Gasteiger partial charge in [0.2, 0.25) is 5.95 Å². The molecule has 4 aromatic heterocycles. The van der Waals surface area contributed by atoms with E-state index >= 15 is 0 Å². The Kier molecular flexibility index (Phi) is 4.87. The summed E-state index contributed by atoms with van der Waals surface area (Å²) in [5, 5.41) is 11.1. The van der Waals surface area contributed by atoms with Crippen LogP contribution in [0.5, 0.6) is 0 Å². The van der Waals surface area contributed by atoms with E-state index in [-0.39, 0.29) is 11.4 Å². The number of nitrogens with one attached hydrogen (secondary N) is 2. The zero-order valence-corrected chi connectivity index (χ0v) is 17.6. The molecule has 0 bridgehead atoms. The summed E-state index contributed by atoms with van der Waals surface area (Å²) in [6.07, 6.45) is 6.66. The Hall–Kier alpha value is -4.86. The molecule has 1 amide bonds. The maximum absolute atomic E-state index is 12.2. The molecule has 10 nitrogen and oxygen atoms in total. The number of aryl methyl sites for hydroxylation is 1. The smallest absolute Gasteiger partial charge is 0.269 e. The van der Waals surface area contributed by atoms with Crippen molar-refractivity contribution in [2.75, 3.05) is 11.1 Å². The first-order valence-electron chi connectivity index (χ1n) is 10.0. The molecule has 5 aromatic rings. The fourth-order valence-corrected chi connectivity index (χ4v) is 3.69. The first-order chi connectivity index (χ1) is 16.0. The summed E-state index contributed by atoms with van der Waals surface area (Å²) in [5.41, 5.74) is 17.2. The number of pyridine rings is 2. The lowest BCUT2D eigenvalue weighted by Crippen LogP contribution is -2.17. The first kappa shape index (κ1) is 20.1. The van der Waals surface area contributed by atoms with Gasteiger partial charge in [-0.15, -0.1) is 0 Å². The molecule has 5 rings (SSSR count). The molecule has 0 saturated heterocycles. The van der Waals surface area contributed by atoms with Gasteiger partial charge in [-0.05, 0) is 48.4 Å². The second kappa shape index (κ2) is 8.00. The third-order valence-corrected chi connectivity index (χ3v) is 5.25. The fourth-order valence-electron chi connectivity index (χ4n) is 3.69.